The van der Waals surface area contributed by atoms with Crippen molar-refractivity contribution in [3.8, 4) is 0 Å². The lowest BCUT2D eigenvalue weighted by atomic mass is 9.99. The van der Waals surface area contributed by atoms with Crippen LogP contribution in [0.15, 0.2) is 59.1 Å². The molecule has 0 radical (unpaired) electrons. The van der Waals surface area contributed by atoms with Crippen molar-refractivity contribution >= 4 is 33.6 Å². The Balaban J connectivity index is 1.74. The molecule has 0 bridgehead atoms. The van der Waals surface area contributed by atoms with E-state index in [-0.39, 0.29) is 11.9 Å². The first-order valence-corrected chi connectivity index (χ1v) is 9.79. The van der Waals surface area contributed by atoms with Crippen molar-refractivity contribution in [3.63, 3.8) is 0 Å². The van der Waals surface area contributed by atoms with Crippen LogP contribution in [0.3, 0.4) is 0 Å². The Labute approximate surface area is 150 Å². The molecule has 1 fully saturated rings. The largest absolute Gasteiger partial charge is 0.345 e. The first kappa shape index (κ1) is 16.6. The zero-order chi connectivity index (χ0) is 16.1. The van der Waals surface area contributed by atoms with Gasteiger partial charge in [-0.2, -0.15) is 11.8 Å². The van der Waals surface area contributed by atoms with E-state index in [1.807, 2.05) is 54.2 Å². The third-order valence-electron chi connectivity index (χ3n) is 4.14. The summed E-state index contributed by atoms with van der Waals surface area (Å²) in [5.41, 5.74) is 1.89. The van der Waals surface area contributed by atoms with E-state index in [1.165, 1.54) is 24.2 Å². The summed E-state index contributed by atoms with van der Waals surface area (Å²) in [7, 11) is 0. The Morgan fingerprint density at radius 3 is 2.57 bits per heavy atom. The number of hydrogen-bond donors (Lipinski definition) is 1. The molecular formula is C19H20BrNOS. The van der Waals surface area contributed by atoms with Crippen LogP contribution in [0.25, 0.3) is 0 Å². The molecule has 2 nitrogen and oxygen atoms in total. The summed E-state index contributed by atoms with van der Waals surface area (Å²) in [5, 5.41) is 3.87. The van der Waals surface area contributed by atoms with Crippen LogP contribution in [0, 0.1) is 0 Å². The molecule has 1 aliphatic heterocycles. The van der Waals surface area contributed by atoms with Crippen LogP contribution in [-0.4, -0.2) is 16.9 Å². The lowest BCUT2D eigenvalue weighted by Gasteiger charge is -2.22. The van der Waals surface area contributed by atoms with Crippen molar-refractivity contribution in [2.24, 2.45) is 0 Å². The SMILES string of the molecule is O=C(N[C@@H](C[C@H]1CCCS1)c1ccccc1)c1ccc(Br)cc1. The van der Waals surface area contributed by atoms with Gasteiger partial charge < -0.3 is 5.32 Å². The molecule has 23 heavy (non-hydrogen) atoms. The Bertz CT molecular complexity index is 638. The van der Waals surface area contributed by atoms with E-state index in [0.717, 1.165) is 10.9 Å². The third kappa shape index (κ3) is 4.61. The van der Waals surface area contributed by atoms with Gasteiger partial charge in [0, 0.05) is 15.3 Å². The quantitative estimate of drug-likeness (QED) is 0.760. The Hall–Kier alpha value is -1.26. The minimum absolute atomic E-state index is 0.00523. The highest BCUT2D eigenvalue weighted by molar-refractivity contribution is 9.10. The minimum atomic E-state index is -0.00523. The van der Waals surface area contributed by atoms with E-state index in [1.54, 1.807) is 0 Å². The normalized spacial score (nSPS) is 18.6. The van der Waals surface area contributed by atoms with Gasteiger partial charge in [0.25, 0.3) is 5.91 Å². The van der Waals surface area contributed by atoms with Gasteiger partial charge in [-0.05, 0) is 54.8 Å². The molecule has 1 aliphatic rings. The highest BCUT2D eigenvalue weighted by Gasteiger charge is 2.23. The van der Waals surface area contributed by atoms with Gasteiger partial charge >= 0.3 is 0 Å². The smallest absolute Gasteiger partial charge is 0.251 e. The minimum Gasteiger partial charge on any atom is -0.345 e. The first-order valence-electron chi connectivity index (χ1n) is 7.95. The number of hydrogen-bond acceptors (Lipinski definition) is 2. The van der Waals surface area contributed by atoms with Crippen LogP contribution in [0.4, 0.5) is 0 Å². The van der Waals surface area contributed by atoms with Crippen LogP contribution in [0.2, 0.25) is 0 Å². The van der Waals surface area contributed by atoms with Crippen LogP contribution < -0.4 is 5.32 Å². The number of carbonyl (C=O) groups excluding carboxylic acids is 1. The van der Waals surface area contributed by atoms with E-state index < -0.39 is 0 Å². The Kier molecular flexibility index (Phi) is 5.79. The average Bonchev–Trinajstić information content (AvgIpc) is 3.09. The summed E-state index contributed by atoms with van der Waals surface area (Å²) in [6.07, 6.45) is 3.54. The van der Waals surface area contributed by atoms with Crippen molar-refractivity contribution in [1.29, 1.82) is 0 Å². The maximum Gasteiger partial charge on any atom is 0.251 e. The maximum atomic E-state index is 12.6. The highest BCUT2D eigenvalue weighted by atomic mass is 79.9. The molecule has 2 aromatic rings. The van der Waals surface area contributed by atoms with Gasteiger partial charge in [0.05, 0.1) is 6.04 Å². The predicted octanol–water partition coefficient (Wildman–Crippen LogP) is 5.21. The Morgan fingerprint density at radius 2 is 1.91 bits per heavy atom. The molecule has 2 atom stereocenters. The van der Waals surface area contributed by atoms with Crippen LogP contribution in [0.5, 0.6) is 0 Å². The summed E-state index contributed by atoms with van der Waals surface area (Å²) >= 11 is 5.44. The number of nitrogens with one attached hydrogen (secondary N) is 1. The molecular weight excluding hydrogens is 370 g/mol. The van der Waals surface area contributed by atoms with Gasteiger partial charge in [0.15, 0.2) is 0 Å². The topological polar surface area (TPSA) is 29.1 Å². The van der Waals surface area contributed by atoms with E-state index in [9.17, 15) is 4.79 Å². The monoisotopic (exact) mass is 389 g/mol. The number of benzene rings is 2. The number of rotatable bonds is 5. The molecule has 0 unspecified atom stereocenters. The van der Waals surface area contributed by atoms with Gasteiger partial charge in [-0.3, -0.25) is 4.79 Å². The molecule has 0 saturated carbocycles. The zero-order valence-electron chi connectivity index (χ0n) is 12.9. The molecule has 4 heteroatoms. The summed E-state index contributed by atoms with van der Waals surface area (Å²) in [6.45, 7) is 0. The number of halogens is 1. The molecule has 0 aliphatic carbocycles. The van der Waals surface area contributed by atoms with Crippen molar-refractivity contribution in [1.82, 2.24) is 5.32 Å². The number of amides is 1. The molecule has 1 saturated heterocycles. The van der Waals surface area contributed by atoms with Gasteiger partial charge in [-0.1, -0.05) is 46.3 Å². The van der Waals surface area contributed by atoms with Crippen LogP contribution >= 0.6 is 27.7 Å². The predicted molar refractivity (Wildman–Crippen MR) is 101 cm³/mol. The molecule has 1 amide bonds. The van der Waals surface area contributed by atoms with E-state index in [4.69, 9.17) is 0 Å². The average molecular weight is 390 g/mol. The number of thioether (sulfide) groups is 1. The fraction of sp³-hybridized carbons (Fsp3) is 0.316. The molecule has 2 aromatic carbocycles. The van der Waals surface area contributed by atoms with E-state index >= 15 is 0 Å². The summed E-state index contributed by atoms with van der Waals surface area (Å²) < 4.78 is 0.982. The van der Waals surface area contributed by atoms with Crippen molar-refractivity contribution in [3.05, 3.63) is 70.2 Å². The summed E-state index contributed by atoms with van der Waals surface area (Å²) in [5.74, 6) is 1.24. The standard InChI is InChI=1S/C19H20BrNOS/c20-16-10-8-15(9-11-16)19(22)21-18(13-17-7-4-12-23-17)14-5-2-1-3-6-14/h1-3,5-6,8-11,17-18H,4,7,12-13H2,(H,21,22)/t17-,18+/m1/s1. The molecule has 3 rings (SSSR count). The van der Waals surface area contributed by atoms with Crippen molar-refractivity contribution < 1.29 is 4.79 Å². The lowest BCUT2D eigenvalue weighted by molar-refractivity contribution is 0.0934. The lowest BCUT2D eigenvalue weighted by Crippen LogP contribution is -2.30. The molecule has 120 valence electrons. The van der Waals surface area contributed by atoms with Gasteiger partial charge in [-0.15, -0.1) is 0 Å². The van der Waals surface area contributed by atoms with Crippen LogP contribution in [0.1, 0.15) is 41.2 Å². The fourth-order valence-electron chi connectivity index (χ4n) is 2.90. The number of carbonyl (C=O) groups is 1. The van der Waals surface area contributed by atoms with Gasteiger partial charge in [0.2, 0.25) is 0 Å². The molecule has 1 heterocycles. The zero-order valence-corrected chi connectivity index (χ0v) is 15.3. The molecule has 0 spiro atoms. The molecule has 1 N–H and O–H groups in total. The summed E-state index contributed by atoms with van der Waals surface area (Å²) in [4.78, 5) is 12.6. The van der Waals surface area contributed by atoms with Gasteiger partial charge in [-0.25, -0.2) is 0 Å². The first-order chi connectivity index (χ1) is 11.2. The van der Waals surface area contributed by atoms with E-state index in [2.05, 4.69) is 33.4 Å². The van der Waals surface area contributed by atoms with E-state index in [0.29, 0.717) is 10.8 Å². The maximum absolute atomic E-state index is 12.6. The van der Waals surface area contributed by atoms with Crippen molar-refractivity contribution in [2.45, 2.75) is 30.6 Å². The second-order valence-corrected chi connectivity index (χ2v) is 8.14. The fourth-order valence-corrected chi connectivity index (χ4v) is 4.49. The van der Waals surface area contributed by atoms with Crippen molar-refractivity contribution in [2.75, 3.05) is 5.75 Å². The Morgan fingerprint density at radius 1 is 1.17 bits per heavy atom. The van der Waals surface area contributed by atoms with Crippen LogP contribution in [-0.2, 0) is 0 Å². The highest BCUT2D eigenvalue weighted by Crippen LogP contribution is 2.33. The molecule has 0 aromatic heterocycles. The summed E-state index contributed by atoms with van der Waals surface area (Å²) in [6, 6.07) is 17.9. The second-order valence-electron chi connectivity index (χ2n) is 5.81. The van der Waals surface area contributed by atoms with Gasteiger partial charge in [0.1, 0.15) is 0 Å². The third-order valence-corrected chi connectivity index (χ3v) is 6.09. The second kappa shape index (κ2) is 8.02.